The Balaban J connectivity index is 1.44. The van der Waals surface area contributed by atoms with Gasteiger partial charge in [-0.3, -0.25) is 4.72 Å². The number of hydroxylamine groups is 2. The second kappa shape index (κ2) is 11.8. The molecule has 1 N–H and O–H groups in total. The van der Waals surface area contributed by atoms with Gasteiger partial charge in [-0.15, -0.1) is 5.06 Å². The standard InChI is InChI=1S/C30H31F2N5O5S/c1-30(2,3)29(38)42-37-11-9-18(10-12-37)27-22-13-19(5-7-24(22)34-17-35-27)20-14-26(28(41-4)33-16-20)43(39,40)36-25-8-6-21(31)15-23(25)32/h5-8,13-18,36H,9-12H2,1-4H3. The number of halogens is 2. The molecular formula is C30H31F2N5O5S. The minimum atomic E-state index is -4.38. The molecular weight excluding hydrogens is 580 g/mol. The minimum Gasteiger partial charge on any atom is -0.480 e. The lowest BCUT2D eigenvalue weighted by Gasteiger charge is -2.32. The van der Waals surface area contributed by atoms with Crippen LogP contribution in [0.2, 0.25) is 0 Å². The van der Waals surface area contributed by atoms with E-state index in [1.807, 2.05) is 32.9 Å². The molecule has 13 heteroatoms. The number of piperidine rings is 1. The van der Waals surface area contributed by atoms with E-state index in [1.54, 1.807) is 11.1 Å². The second-order valence-electron chi connectivity index (χ2n) is 11.3. The number of anilines is 1. The predicted octanol–water partition coefficient (Wildman–Crippen LogP) is 5.46. The first kappa shape index (κ1) is 30.2. The summed E-state index contributed by atoms with van der Waals surface area (Å²) in [5.41, 5.74) is 1.66. The molecule has 0 amide bonds. The molecule has 2 aromatic carbocycles. The topological polar surface area (TPSA) is 124 Å². The van der Waals surface area contributed by atoms with Crippen molar-refractivity contribution in [2.75, 3.05) is 24.9 Å². The number of ether oxygens (including phenoxy) is 1. The van der Waals surface area contributed by atoms with E-state index in [2.05, 4.69) is 19.7 Å². The van der Waals surface area contributed by atoms with Crippen LogP contribution in [-0.4, -0.2) is 54.6 Å². The van der Waals surface area contributed by atoms with E-state index >= 15 is 0 Å². The highest BCUT2D eigenvalue weighted by Crippen LogP contribution is 2.35. The molecule has 0 atom stereocenters. The van der Waals surface area contributed by atoms with Crippen molar-refractivity contribution in [3.05, 3.63) is 72.3 Å². The monoisotopic (exact) mass is 611 g/mol. The van der Waals surface area contributed by atoms with Crippen molar-refractivity contribution in [2.24, 2.45) is 5.41 Å². The number of sulfonamides is 1. The Kier molecular flexibility index (Phi) is 8.30. The lowest BCUT2D eigenvalue weighted by atomic mass is 9.91. The Morgan fingerprint density at radius 2 is 1.74 bits per heavy atom. The molecule has 1 aliphatic rings. The summed E-state index contributed by atoms with van der Waals surface area (Å²) in [5, 5.41) is 2.49. The van der Waals surface area contributed by atoms with Crippen LogP contribution in [0, 0.1) is 17.0 Å². The first-order valence-corrected chi connectivity index (χ1v) is 15.1. The van der Waals surface area contributed by atoms with E-state index in [-0.39, 0.29) is 22.7 Å². The number of benzene rings is 2. The van der Waals surface area contributed by atoms with Crippen LogP contribution in [0.4, 0.5) is 14.5 Å². The van der Waals surface area contributed by atoms with Gasteiger partial charge in [0.1, 0.15) is 22.9 Å². The molecule has 0 saturated carbocycles. The summed E-state index contributed by atoms with van der Waals surface area (Å²) in [5.74, 6) is -2.29. The third kappa shape index (κ3) is 6.57. The molecule has 0 spiro atoms. The number of rotatable bonds is 7. The zero-order valence-corrected chi connectivity index (χ0v) is 24.9. The van der Waals surface area contributed by atoms with Crippen LogP contribution >= 0.6 is 0 Å². The number of nitrogens with zero attached hydrogens (tertiary/aromatic N) is 4. The van der Waals surface area contributed by atoms with Crippen LogP contribution in [0.15, 0.2) is 59.9 Å². The first-order valence-electron chi connectivity index (χ1n) is 13.6. The van der Waals surface area contributed by atoms with Gasteiger partial charge < -0.3 is 9.57 Å². The normalized spacial score (nSPS) is 14.9. The molecule has 0 radical (unpaired) electrons. The van der Waals surface area contributed by atoms with Crippen molar-refractivity contribution in [3.8, 4) is 17.0 Å². The minimum absolute atomic E-state index is 0.0880. The van der Waals surface area contributed by atoms with E-state index in [9.17, 15) is 22.0 Å². The predicted molar refractivity (Wildman–Crippen MR) is 156 cm³/mol. The molecule has 3 heterocycles. The molecule has 43 heavy (non-hydrogen) atoms. The molecule has 0 bridgehead atoms. The fourth-order valence-corrected chi connectivity index (χ4v) is 5.98. The summed E-state index contributed by atoms with van der Waals surface area (Å²) in [7, 11) is -3.11. The summed E-state index contributed by atoms with van der Waals surface area (Å²) in [6.07, 6.45) is 4.42. The van der Waals surface area contributed by atoms with Crippen LogP contribution in [0.5, 0.6) is 5.88 Å². The van der Waals surface area contributed by atoms with Gasteiger partial charge in [-0.2, -0.15) is 0 Å². The fraction of sp³-hybridized carbons (Fsp3) is 0.333. The highest BCUT2D eigenvalue weighted by molar-refractivity contribution is 7.92. The van der Waals surface area contributed by atoms with Gasteiger partial charge in [0.15, 0.2) is 0 Å². The third-order valence-corrected chi connectivity index (χ3v) is 8.50. The molecule has 226 valence electrons. The SMILES string of the molecule is COc1ncc(-c2ccc3ncnc(C4CCN(OC(=O)C(C)(C)C)CC4)c3c2)cc1S(=O)(=O)Nc1ccc(F)cc1F. The van der Waals surface area contributed by atoms with Crippen molar-refractivity contribution < 1.29 is 31.6 Å². The Bertz CT molecular complexity index is 1790. The molecule has 1 fully saturated rings. The maximum atomic E-state index is 14.2. The maximum Gasteiger partial charge on any atom is 0.330 e. The third-order valence-electron chi connectivity index (χ3n) is 7.14. The highest BCUT2D eigenvalue weighted by atomic mass is 32.2. The van der Waals surface area contributed by atoms with Gasteiger partial charge in [0, 0.05) is 42.2 Å². The van der Waals surface area contributed by atoms with Crippen LogP contribution in [0.25, 0.3) is 22.0 Å². The number of pyridine rings is 1. The van der Waals surface area contributed by atoms with E-state index in [1.165, 1.54) is 25.7 Å². The van der Waals surface area contributed by atoms with Gasteiger partial charge in [0.05, 0.1) is 29.4 Å². The number of aromatic nitrogens is 3. The molecule has 2 aromatic heterocycles. The van der Waals surface area contributed by atoms with Crippen molar-refractivity contribution in [3.63, 3.8) is 0 Å². The Hall–Kier alpha value is -4.23. The number of nitrogens with one attached hydrogen (secondary N) is 1. The number of hydrogen-bond donors (Lipinski definition) is 1. The van der Waals surface area contributed by atoms with Crippen LogP contribution in [0.3, 0.4) is 0 Å². The van der Waals surface area contributed by atoms with Crippen LogP contribution in [-0.2, 0) is 19.7 Å². The molecule has 0 aliphatic carbocycles. The lowest BCUT2D eigenvalue weighted by Crippen LogP contribution is -2.38. The van der Waals surface area contributed by atoms with Gasteiger partial charge in [0.2, 0.25) is 5.88 Å². The van der Waals surface area contributed by atoms with Crippen molar-refractivity contribution in [1.82, 2.24) is 20.0 Å². The molecule has 5 rings (SSSR count). The molecule has 1 aliphatic heterocycles. The Labute approximate surface area is 248 Å². The van der Waals surface area contributed by atoms with E-state index in [0.29, 0.717) is 43.1 Å². The van der Waals surface area contributed by atoms with Crippen molar-refractivity contribution in [1.29, 1.82) is 0 Å². The fourth-order valence-electron chi connectivity index (χ4n) is 4.76. The van der Waals surface area contributed by atoms with Gasteiger partial charge in [0.25, 0.3) is 10.0 Å². The van der Waals surface area contributed by atoms with Gasteiger partial charge >= 0.3 is 5.97 Å². The number of carbonyl (C=O) groups is 1. The summed E-state index contributed by atoms with van der Waals surface area (Å²) in [6.45, 7) is 6.55. The number of hydrogen-bond acceptors (Lipinski definition) is 9. The molecule has 4 aromatic rings. The largest absolute Gasteiger partial charge is 0.480 e. The van der Waals surface area contributed by atoms with Crippen LogP contribution < -0.4 is 9.46 Å². The van der Waals surface area contributed by atoms with Gasteiger partial charge in [-0.1, -0.05) is 6.07 Å². The lowest BCUT2D eigenvalue weighted by molar-refractivity contribution is -0.204. The Morgan fingerprint density at radius 3 is 2.42 bits per heavy atom. The molecule has 0 unspecified atom stereocenters. The Morgan fingerprint density at radius 1 is 1.00 bits per heavy atom. The smallest absolute Gasteiger partial charge is 0.330 e. The van der Waals surface area contributed by atoms with E-state index in [4.69, 9.17) is 9.57 Å². The summed E-state index contributed by atoms with van der Waals surface area (Å²) >= 11 is 0. The first-order chi connectivity index (χ1) is 20.4. The summed E-state index contributed by atoms with van der Waals surface area (Å²) < 4.78 is 61.5. The van der Waals surface area contributed by atoms with Crippen molar-refractivity contribution >= 4 is 32.6 Å². The van der Waals surface area contributed by atoms with Crippen molar-refractivity contribution in [2.45, 2.75) is 44.4 Å². The summed E-state index contributed by atoms with van der Waals surface area (Å²) in [6, 6.07) is 9.40. The van der Waals surface area contributed by atoms with Gasteiger partial charge in [-0.25, -0.2) is 36.9 Å². The van der Waals surface area contributed by atoms with E-state index in [0.717, 1.165) is 28.7 Å². The molecule has 1 saturated heterocycles. The number of carbonyl (C=O) groups excluding carboxylic acids is 1. The number of methoxy groups -OCH3 is 1. The van der Waals surface area contributed by atoms with E-state index < -0.39 is 32.8 Å². The quantitative estimate of drug-likeness (QED) is 0.290. The second-order valence-corrected chi connectivity index (χ2v) is 12.9. The van der Waals surface area contributed by atoms with Gasteiger partial charge in [-0.05, 0) is 69.5 Å². The zero-order valence-electron chi connectivity index (χ0n) is 24.1. The average molecular weight is 612 g/mol. The van der Waals surface area contributed by atoms with Crippen LogP contribution in [0.1, 0.15) is 45.2 Å². The molecule has 10 nitrogen and oxygen atoms in total. The highest BCUT2D eigenvalue weighted by Gasteiger charge is 2.30. The average Bonchev–Trinajstić information content (AvgIpc) is 2.97. The summed E-state index contributed by atoms with van der Waals surface area (Å²) in [4.78, 5) is 30.7. The number of fused-ring (bicyclic) bond motifs is 1. The maximum absolute atomic E-state index is 14.2. The zero-order chi connectivity index (χ0) is 30.9.